The van der Waals surface area contributed by atoms with E-state index in [0.717, 1.165) is 31.9 Å². The zero-order chi connectivity index (χ0) is 24.3. The van der Waals surface area contributed by atoms with Crippen molar-refractivity contribution in [2.24, 2.45) is 5.92 Å². The van der Waals surface area contributed by atoms with Crippen LogP contribution in [0.5, 0.6) is 11.6 Å². The predicted octanol–water partition coefficient (Wildman–Crippen LogP) is 5.51. The van der Waals surface area contributed by atoms with Gasteiger partial charge in [0.25, 0.3) is 5.92 Å². The first kappa shape index (κ1) is 23.0. The topological polar surface area (TPSA) is 105 Å². The van der Waals surface area contributed by atoms with Crippen LogP contribution in [-0.2, 0) is 10.7 Å². The van der Waals surface area contributed by atoms with Crippen molar-refractivity contribution in [3.05, 3.63) is 66.2 Å². The van der Waals surface area contributed by atoms with Crippen LogP contribution in [0.3, 0.4) is 0 Å². The van der Waals surface area contributed by atoms with E-state index in [1.165, 1.54) is 42.7 Å². The molecule has 1 heterocycles. The molecule has 0 unspecified atom stereocenters. The average molecular weight is 471 g/mol. The van der Waals surface area contributed by atoms with Crippen LogP contribution in [0.2, 0.25) is 0 Å². The predicted molar refractivity (Wildman–Crippen MR) is 119 cm³/mol. The second-order valence-corrected chi connectivity index (χ2v) is 7.80. The Morgan fingerprint density at radius 1 is 1.00 bits per heavy atom. The number of benzene rings is 2. The number of halogens is 3. The molecule has 0 atom stereocenters. The largest absolute Gasteiger partial charge is 0.436 e. The number of ether oxygens (including phenoxy) is 1. The molecule has 0 saturated heterocycles. The zero-order valence-electron chi connectivity index (χ0n) is 17.9. The number of nitrogens with zero attached hydrogens (tertiary/aromatic N) is 2. The molecule has 0 bridgehead atoms. The van der Waals surface area contributed by atoms with E-state index in [-0.39, 0.29) is 46.2 Å². The summed E-state index contributed by atoms with van der Waals surface area (Å²) in [5.74, 6) is -3.89. The molecule has 0 aliphatic heterocycles. The van der Waals surface area contributed by atoms with Gasteiger partial charge in [-0.3, -0.25) is 4.79 Å². The van der Waals surface area contributed by atoms with E-state index in [0.29, 0.717) is 0 Å². The summed E-state index contributed by atoms with van der Waals surface area (Å²) in [6, 6.07) is 9.59. The Bertz CT molecular complexity index is 1230. The van der Waals surface area contributed by atoms with Crippen molar-refractivity contribution in [2.75, 3.05) is 16.0 Å². The molecule has 3 amide bonds. The Hall–Kier alpha value is -4.15. The molecule has 3 aromatic rings. The van der Waals surface area contributed by atoms with Gasteiger partial charge in [0.2, 0.25) is 11.8 Å². The van der Waals surface area contributed by atoms with Gasteiger partial charge in [-0.25, -0.2) is 27.9 Å². The van der Waals surface area contributed by atoms with Crippen molar-refractivity contribution in [1.29, 1.82) is 0 Å². The van der Waals surface area contributed by atoms with E-state index in [1.54, 1.807) is 0 Å². The monoisotopic (exact) mass is 471 g/mol. The van der Waals surface area contributed by atoms with E-state index >= 15 is 0 Å². The SMILES string of the molecule is CC(F)(F)c1cccc(NC(=O)Nc2ccc(Oc3cc(NC(=O)C4CC4)ncn3)c(F)c2)c1. The number of nitrogens with one attached hydrogen (secondary N) is 3. The molecule has 3 N–H and O–H groups in total. The summed E-state index contributed by atoms with van der Waals surface area (Å²) in [6.07, 6.45) is 2.86. The molecule has 1 aliphatic rings. The highest BCUT2D eigenvalue weighted by molar-refractivity contribution is 5.99. The van der Waals surface area contributed by atoms with E-state index in [1.807, 2.05) is 0 Å². The van der Waals surface area contributed by atoms with Gasteiger partial charge in [-0.15, -0.1) is 0 Å². The molecule has 1 aromatic heterocycles. The maximum Gasteiger partial charge on any atom is 0.323 e. The van der Waals surface area contributed by atoms with E-state index in [4.69, 9.17) is 4.74 Å². The standard InChI is InChI=1S/C23H20F3N5O3/c1-23(25,26)14-3-2-4-15(9-14)29-22(33)30-16-7-8-18(17(24)10-16)34-20-11-19(27-12-28-20)31-21(32)13-5-6-13/h2-4,7-13H,5-6H2,1H3,(H2,29,30,33)(H,27,28,31,32). The zero-order valence-corrected chi connectivity index (χ0v) is 17.9. The third kappa shape index (κ3) is 6.00. The molecule has 1 aliphatic carbocycles. The van der Waals surface area contributed by atoms with Crippen LogP contribution in [0.15, 0.2) is 54.9 Å². The maximum atomic E-state index is 14.5. The number of urea groups is 1. The smallest absolute Gasteiger partial charge is 0.323 e. The van der Waals surface area contributed by atoms with Crippen LogP contribution >= 0.6 is 0 Å². The van der Waals surface area contributed by atoms with Gasteiger partial charge in [0.05, 0.1) is 0 Å². The highest BCUT2D eigenvalue weighted by Gasteiger charge is 2.30. The minimum absolute atomic E-state index is 0.00875. The van der Waals surface area contributed by atoms with Crippen LogP contribution in [0.25, 0.3) is 0 Å². The van der Waals surface area contributed by atoms with Gasteiger partial charge in [-0.1, -0.05) is 12.1 Å². The van der Waals surface area contributed by atoms with Gasteiger partial charge in [0, 0.05) is 41.9 Å². The molecule has 8 nitrogen and oxygen atoms in total. The van der Waals surface area contributed by atoms with Gasteiger partial charge >= 0.3 is 6.03 Å². The number of anilines is 3. The molecule has 2 aromatic carbocycles. The van der Waals surface area contributed by atoms with Gasteiger partial charge in [0.1, 0.15) is 12.1 Å². The number of amides is 3. The maximum absolute atomic E-state index is 14.5. The van der Waals surface area contributed by atoms with Crippen molar-refractivity contribution in [3.63, 3.8) is 0 Å². The van der Waals surface area contributed by atoms with E-state index in [9.17, 15) is 22.8 Å². The van der Waals surface area contributed by atoms with E-state index < -0.39 is 17.8 Å². The molecule has 176 valence electrons. The molecular weight excluding hydrogens is 451 g/mol. The average Bonchev–Trinajstić information content (AvgIpc) is 3.61. The van der Waals surface area contributed by atoms with Gasteiger partial charge in [-0.2, -0.15) is 0 Å². The summed E-state index contributed by atoms with van der Waals surface area (Å²) >= 11 is 0. The van der Waals surface area contributed by atoms with Crippen LogP contribution in [0.4, 0.5) is 35.2 Å². The normalized spacial score (nSPS) is 13.2. The summed E-state index contributed by atoms with van der Waals surface area (Å²) in [7, 11) is 0. The number of hydrogen-bond donors (Lipinski definition) is 3. The summed E-state index contributed by atoms with van der Waals surface area (Å²) in [5, 5.41) is 7.49. The second-order valence-electron chi connectivity index (χ2n) is 7.80. The number of hydrogen-bond acceptors (Lipinski definition) is 5. The number of carbonyl (C=O) groups is 2. The molecule has 1 fully saturated rings. The first-order valence-corrected chi connectivity index (χ1v) is 10.3. The molecule has 0 spiro atoms. The Morgan fingerprint density at radius 2 is 1.74 bits per heavy atom. The third-order valence-corrected chi connectivity index (χ3v) is 4.87. The van der Waals surface area contributed by atoms with E-state index in [2.05, 4.69) is 25.9 Å². The van der Waals surface area contributed by atoms with Crippen molar-refractivity contribution in [2.45, 2.75) is 25.7 Å². The summed E-state index contributed by atoms with van der Waals surface area (Å²) in [5.41, 5.74) is 0.0162. The molecular formula is C23H20F3N5O3. The molecule has 34 heavy (non-hydrogen) atoms. The molecule has 11 heteroatoms. The highest BCUT2D eigenvalue weighted by atomic mass is 19.3. The number of rotatable bonds is 7. The quantitative estimate of drug-likeness (QED) is 0.421. The summed E-state index contributed by atoms with van der Waals surface area (Å²) in [4.78, 5) is 31.9. The first-order chi connectivity index (χ1) is 16.2. The minimum Gasteiger partial charge on any atom is -0.436 e. The van der Waals surface area contributed by atoms with Crippen LogP contribution < -0.4 is 20.7 Å². The molecule has 4 rings (SSSR count). The van der Waals surface area contributed by atoms with Crippen molar-refractivity contribution in [3.8, 4) is 11.6 Å². The van der Waals surface area contributed by atoms with Crippen LogP contribution in [0, 0.1) is 11.7 Å². The highest BCUT2D eigenvalue weighted by Crippen LogP contribution is 2.31. The lowest BCUT2D eigenvalue weighted by Crippen LogP contribution is -2.20. The van der Waals surface area contributed by atoms with Crippen molar-refractivity contribution >= 4 is 29.1 Å². The van der Waals surface area contributed by atoms with Crippen molar-refractivity contribution < 1.29 is 27.5 Å². The van der Waals surface area contributed by atoms with Gasteiger partial charge in [-0.05, 0) is 37.1 Å². The molecule has 1 saturated carbocycles. The Morgan fingerprint density at radius 3 is 2.41 bits per heavy atom. The van der Waals surface area contributed by atoms with Crippen LogP contribution in [-0.4, -0.2) is 21.9 Å². The summed E-state index contributed by atoms with van der Waals surface area (Å²) in [6.45, 7) is 0.755. The van der Waals surface area contributed by atoms with Crippen molar-refractivity contribution in [1.82, 2.24) is 9.97 Å². The fourth-order valence-electron chi connectivity index (χ4n) is 2.97. The Balaban J connectivity index is 1.38. The Labute approximate surface area is 192 Å². The number of carbonyl (C=O) groups excluding carboxylic acids is 2. The lowest BCUT2D eigenvalue weighted by atomic mass is 10.1. The van der Waals surface area contributed by atoms with Crippen LogP contribution in [0.1, 0.15) is 25.3 Å². The lowest BCUT2D eigenvalue weighted by molar-refractivity contribution is -0.117. The number of aromatic nitrogens is 2. The second kappa shape index (κ2) is 9.38. The Kier molecular flexibility index (Phi) is 6.35. The van der Waals surface area contributed by atoms with Gasteiger partial charge in [0.15, 0.2) is 11.6 Å². The third-order valence-electron chi connectivity index (χ3n) is 4.87. The fourth-order valence-corrected chi connectivity index (χ4v) is 2.97. The minimum atomic E-state index is -3.06. The molecule has 0 radical (unpaired) electrons. The summed E-state index contributed by atoms with van der Waals surface area (Å²) < 4.78 is 46.9. The number of alkyl halides is 2. The lowest BCUT2D eigenvalue weighted by Gasteiger charge is -2.13. The van der Waals surface area contributed by atoms with Gasteiger partial charge < -0.3 is 20.7 Å². The first-order valence-electron chi connectivity index (χ1n) is 10.3. The fraction of sp³-hybridized carbons (Fsp3) is 0.217.